The van der Waals surface area contributed by atoms with E-state index in [0.29, 0.717) is 5.54 Å². The molecule has 1 heterocycles. The molecule has 0 radical (unpaired) electrons. The number of nitrogens with one attached hydrogen (secondary N) is 1. The standard InChI is InChI=1S/C22H43N/c1-5-7-8-9-10-11-12-14-19-15-13-16-20-18(3)17-22(4,6-2)23-21(19)20/h18-21,23H,5-17H2,1-4H3. The third kappa shape index (κ3) is 5.48. The minimum absolute atomic E-state index is 0.399. The van der Waals surface area contributed by atoms with Gasteiger partial charge in [-0.05, 0) is 56.8 Å². The van der Waals surface area contributed by atoms with Crippen LogP contribution in [0.2, 0.25) is 0 Å². The molecule has 0 aromatic carbocycles. The van der Waals surface area contributed by atoms with Gasteiger partial charge in [-0.1, -0.05) is 72.1 Å². The van der Waals surface area contributed by atoms with E-state index in [1.807, 2.05) is 0 Å². The Labute approximate surface area is 146 Å². The Morgan fingerprint density at radius 3 is 2.35 bits per heavy atom. The number of hydrogen-bond acceptors (Lipinski definition) is 1. The van der Waals surface area contributed by atoms with E-state index in [4.69, 9.17) is 0 Å². The van der Waals surface area contributed by atoms with Crippen molar-refractivity contribution >= 4 is 0 Å². The van der Waals surface area contributed by atoms with Gasteiger partial charge >= 0.3 is 0 Å². The van der Waals surface area contributed by atoms with Crippen LogP contribution in [0.4, 0.5) is 0 Å². The zero-order valence-electron chi connectivity index (χ0n) is 16.5. The molecule has 0 spiro atoms. The zero-order chi connectivity index (χ0) is 16.7. The Morgan fingerprint density at radius 2 is 1.65 bits per heavy atom. The fourth-order valence-electron chi connectivity index (χ4n) is 5.45. The first-order valence-corrected chi connectivity index (χ1v) is 10.9. The Bertz CT molecular complexity index is 326. The Kier molecular flexibility index (Phi) is 7.92. The van der Waals surface area contributed by atoms with E-state index in [1.165, 1.54) is 83.5 Å². The van der Waals surface area contributed by atoms with Crippen LogP contribution >= 0.6 is 0 Å². The Balaban J connectivity index is 1.77. The van der Waals surface area contributed by atoms with Crippen LogP contribution in [0.3, 0.4) is 0 Å². The third-order valence-electron chi connectivity index (χ3n) is 7.06. The quantitative estimate of drug-likeness (QED) is 0.465. The molecule has 0 amide bonds. The highest BCUT2D eigenvalue weighted by Gasteiger charge is 2.44. The Morgan fingerprint density at radius 1 is 0.957 bits per heavy atom. The van der Waals surface area contributed by atoms with Crippen LogP contribution in [0, 0.1) is 17.8 Å². The molecule has 5 unspecified atom stereocenters. The number of piperidine rings is 1. The molecule has 1 saturated heterocycles. The summed E-state index contributed by atoms with van der Waals surface area (Å²) in [6, 6.07) is 0.817. The van der Waals surface area contributed by atoms with Gasteiger partial charge in [-0.15, -0.1) is 0 Å². The molecule has 2 rings (SSSR count). The smallest absolute Gasteiger partial charge is 0.0156 e. The zero-order valence-corrected chi connectivity index (χ0v) is 16.5. The lowest BCUT2D eigenvalue weighted by molar-refractivity contribution is 0.0348. The van der Waals surface area contributed by atoms with Crippen molar-refractivity contribution in [2.75, 3.05) is 0 Å². The van der Waals surface area contributed by atoms with Crippen molar-refractivity contribution in [3.8, 4) is 0 Å². The van der Waals surface area contributed by atoms with Crippen molar-refractivity contribution in [3.63, 3.8) is 0 Å². The molecule has 0 bridgehead atoms. The van der Waals surface area contributed by atoms with Crippen LogP contribution in [0.15, 0.2) is 0 Å². The highest BCUT2D eigenvalue weighted by Crippen LogP contribution is 2.44. The molecule has 1 aliphatic heterocycles. The summed E-state index contributed by atoms with van der Waals surface area (Å²) in [5.74, 6) is 2.83. The van der Waals surface area contributed by atoms with Crippen molar-refractivity contribution in [2.24, 2.45) is 17.8 Å². The summed E-state index contributed by atoms with van der Waals surface area (Å²) >= 11 is 0. The second kappa shape index (κ2) is 9.44. The lowest BCUT2D eigenvalue weighted by atomic mass is 9.63. The maximum Gasteiger partial charge on any atom is 0.0156 e. The van der Waals surface area contributed by atoms with Crippen molar-refractivity contribution in [1.29, 1.82) is 0 Å². The fourth-order valence-corrected chi connectivity index (χ4v) is 5.45. The van der Waals surface area contributed by atoms with E-state index in [2.05, 4.69) is 33.0 Å². The number of fused-ring (bicyclic) bond motifs is 1. The van der Waals surface area contributed by atoms with Gasteiger partial charge in [0.05, 0.1) is 0 Å². The van der Waals surface area contributed by atoms with Crippen LogP contribution in [-0.2, 0) is 0 Å². The second-order valence-corrected chi connectivity index (χ2v) is 9.03. The van der Waals surface area contributed by atoms with Gasteiger partial charge in [0, 0.05) is 11.6 Å². The number of hydrogen-bond donors (Lipinski definition) is 1. The van der Waals surface area contributed by atoms with Crippen LogP contribution in [0.5, 0.6) is 0 Å². The Hall–Kier alpha value is -0.0400. The number of unbranched alkanes of at least 4 members (excludes halogenated alkanes) is 6. The first-order valence-electron chi connectivity index (χ1n) is 10.9. The molecular weight excluding hydrogens is 278 g/mol. The van der Waals surface area contributed by atoms with Crippen LogP contribution in [0.1, 0.15) is 111 Å². The van der Waals surface area contributed by atoms with Gasteiger partial charge in [0.2, 0.25) is 0 Å². The van der Waals surface area contributed by atoms with Crippen molar-refractivity contribution < 1.29 is 0 Å². The van der Waals surface area contributed by atoms with E-state index in [-0.39, 0.29) is 0 Å². The average Bonchev–Trinajstić information content (AvgIpc) is 2.54. The summed E-state index contributed by atoms with van der Waals surface area (Å²) in [5.41, 5.74) is 0.399. The fraction of sp³-hybridized carbons (Fsp3) is 1.00. The van der Waals surface area contributed by atoms with E-state index in [1.54, 1.807) is 0 Å². The molecule has 0 aromatic heterocycles. The van der Waals surface area contributed by atoms with E-state index >= 15 is 0 Å². The SMILES string of the molecule is CCCCCCCCCC1CCCC2C(C)CC(C)(CC)NC12. The molecule has 2 fully saturated rings. The van der Waals surface area contributed by atoms with Crippen LogP contribution in [-0.4, -0.2) is 11.6 Å². The van der Waals surface area contributed by atoms with Gasteiger partial charge in [0.15, 0.2) is 0 Å². The maximum atomic E-state index is 4.13. The summed E-state index contributed by atoms with van der Waals surface area (Å²) < 4.78 is 0. The lowest BCUT2D eigenvalue weighted by Crippen LogP contribution is -2.61. The van der Waals surface area contributed by atoms with Gasteiger partial charge in [0.1, 0.15) is 0 Å². The van der Waals surface area contributed by atoms with Crippen molar-refractivity contribution in [2.45, 2.75) is 123 Å². The second-order valence-electron chi connectivity index (χ2n) is 9.03. The first-order chi connectivity index (χ1) is 11.1. The molecule has 23 heavy (non-hydrogen) atoms. The summed E-state index contributed by atoms with van der Waals surface area (Å²) in [7, 11) is 0. The van der Waals surface area contributed by atoms with Gasteiger partial charge < -0.3 is 5.32 Å². The average molecular weight is 322 g/mol. The molecule has 1 aliphatic carbocycles. The van der Waals surface area contributed by atoms with Crippen LogP contribution in [0.25, 0.3) is 0 Å². The predicted octanol–water partition coefficient (Wildman–Crippen LogP) is 6.71. The molecule has 1 N–H and O–H groups in total. The van der Waals surface area contributed by atoms with Gasteiger partial charge in [-0.3, -0.25) is 0 Å². The van der Waals surface area contributed by atoms with E-state index in [9.17, 15) is 0 Å². The molecule has 1 saturated carbocycles. The molecule has 1 nitrogen and oxygen atoms in total. The van der Waals surface area contributed by atoms with Gasteiger partial charge in [-0.25, -0.2) is 0 Å². The minimum Gasteiger partial charge on any atom is -0.308 e. The van der Waals surface area contributed by atoms with E-state index < -0.39 is 0 Å². The molecule has 2 aliphatic rings. The van der Waals surface area contributed by atoms with Gasteiger partial charge in [-0.2, -0.15) is 0 Å². The highest BCUT2D eigenvalue weighted by molar-refractivity contribution is 5.01. The minimum atomic E-state index is 0.399. The highest BCUT2D eigenvalue weighted by atomic mass is 15.0. The van der Waals surface area contributed by atoms with E-state index in [0.717, 1.165) is 23.8 Å². The summed E-state index contributed by atoms with van der Waals surface area (Å²) in [4.78, 5) is 0. The topological polar surface area (TPSA) is 12.0 Å². The summed E-state index contributed by atoms with van der Waals surface area (Å²) in [6.07, 6.45) is 18.7. The third-order valence-corrected chi connectivity index (χ3v) is 7.06. The summed E-state index contributed by atoms with van der Waals surface area (Å²) in [5, 5.41) is 4.13. The normalized spacial score (nSPS) is 37.6. The van der Waals surface area contributed by atoms with Crippen molar-refractivity contribution in [3.05, 3.63) is 0 Å². The van der Waals surface area contributed by atoms with Crippen LogP contribution < -0.4 is 5.32 Å². The molecule has 1 heteroatoms. The number of rotatable bonds is 9. The lowest BCUT2D eigenvalue weighted by Gasteiger charge is -2.52. The monoisotopic (exact) mass is 321 g/mol. The predicted molar refractivity (Wildman–Crippen MR) is 103 cm³/mol. The first kappa shape index (κ1) is 19.3. The van der Waals surface area contributed by atoms with Crippen molar-refractivity contribution in [1.82, 2.24) is 5.32 Å². The molecular formula is C22H43N. The largest absolute Gasteiger partial charge is 0.308 e. The molecule has 5 atom stereocenters. The molecule has 136 valence electrons. The molecule has 0 aromatic rings. The summed E-state index contributed by atoms with van der Waals surface area (Å²) in [6.45, 7) is 9.68. The van der Waals surface area contributed by atoms with Gasteiger partial charge in [0.25, 0.3) is 0 Å². The maximum absolute atomic E-state index is 4.13.